The molecule has 1 aliphatic heterocycles. The van der Waals surface area contributed by atoms with E-state index in [-0.39, 0.29) is 17.6 Å². The molecule has 1 fully saturated rings. The van der Waals surface area contributed by atoms with Gasteiger partial charge in [-0.3, -0.25) is 0 Å². The Bertz CT molecular complexity index is 376. The molecule has 1 aliphatic rings. The summed E-state index contributed by atoms with van der Waals surface area (Å²) < 4.78 is 27.4. The summed E-state index contributed by atoms with van der Waals surface area (Å²) in [6.45, 7) is 1.77. The zero-order valence-electron chi connectivity index (χ0n) is 9.22. The van der Waals surface area contributed by atoms with Gasteiger partial charge in [-0.25, -0.2) is 8.78 Å². The fraction of sp³-hybridized carbons (Fsp3) is 0.500. The van der Waals surface area contributed by atoms with Gasteiger partial charge < -0.3 is 5.32 Å². The molecule has 4 heteroatoms. The molecule has 16 heavy (non-hydrogen) atoms. The second-order valence-electron chi connectivity index (χ2n) is 4.03. The van der Waals surface area contributed by atoms with Crippen LogP contribution in [0.3, 0.4) is 0 Å². The van der Waals surface area contributed by atoms with Gasteiger partial charge in [-0.2, -0.15) is 0 Å². The van der Waals surface area contributed by atoms with Crippen LogP contribution >= 0.6 is 11.8 Å². The molecule has 0 spiro atoms. The topological polar surface area (TPSA) is 12.0 Å². The van der Waals surface area contributed by atoms with Gasteiger partial charge in [0.25, 0.3) is 0 Å². The standard InChI is InChI=1S/C12H15F2NS/c1-16-12-7-10(13)9(6-11(12)14)8-2-4-15-5-3-8/h6-8,15H,2-5H2,1H3. The fourth-order valence-electron chi connectivity index (χ4n) is 2.15. The number of hydrogen-bond donors (Lipinski definition) is 1. The number of nitrogens with one attached hydrogen (secondary N) is 1. The van der Waals surface area contributed by atoms with Crippen LogP contribution in [0.25, 0.3) is 0 Å². The molecule has 0 bridgehead atoms. The average molecular weight is 243 g/mol. The van der Waals surface area contributed by atoms with Gasteiger partial charge in [0.1, 0.15) is 11.6 Å². The first-order valence-electron chi connectivity index (χ1n) is 5.46. The lowest BCUT2D eigenvalue weighted by atomic mass is 9.90. The van der Waals surface area contributed by atoms with E-state index in [1.165, 1.54) is 23.9 Å². The lowest BCUT2D eigenvalue weighted by molar-refractivity contribution is 0.440. The van der Waals surface area contributed by atoms with E-state index in [1.54, 1.807) is 6.26 Å². The number of hydrogen-bond acceptors (Lipinski definition) is 2. The molecular formula is C12H15F2NS. The summed E-state index contributed by atoms with van der Waals surface area (Å²) in [6.07, 6.45) is 3.52. The molecule has 1 aromatic rings. The summed E-state index contributed by atoms with van der Waals surface area (Å²) in [5, 5.41) is 3.22. The number of benzene rings is 1. The normalized spacial score (nSPS) is 17.7. The molecule has 88 valence electrons. The van der Waals surface area contributed by atoms with Gasteiger partial charge in [0.2, 0.25) is 0 Å². The SMILES string of the molecule is CSc1cc(F)c(C2CCNCC2)cc1F. The molecule has 0 saturated carbocycles. The molecule has 1 heterocycles. The zero-order valence-corrected chi connectivity index (χ0v) is 10.0. The Labute approximate surface area is 98.6 Å². The molecule has 1 saturated heterocycles. The Hall–Kier alpha value is -0.610. The van der Waals surface area contributed by atoms with Crippen molar-refractivity contribution in [1.82, 2.24) is 5.32 Å². The molecule has 0 aliphatic carbocycles. The summed E-state index contributed by atoms with van der Waals surface area (Å²) in [6, 6.07) is 2.69. The van der Waals surface area contributed by atoms with Crippen LogP contribution in [0.2, 0.25) is 0 Å². The first-order valence-corrected chi connectivity index (χ1v) is 6.68. The van der Waals surface area contributed by atoms with E-state index in [9.17, 15) is 8.78 Å². The van der Waals surface area contributed by atoms with Crippen LogP contribution < -0.4 is 5.32 Å². The van der Waals surface area contributed by atoms with Gasteiger partial charge in [0, 0.05) is 4.90 Å². The van der Waals surface area contributed by atoms with Crippen LogP contribution in [0.1, 0.15) is 24.3 Å². The molecule has 1 nitrogen and oxygen atoms in total. The van der Waals surface area contributed by atoms with Crippen LogP contribution in [-0.2, 0) is 0 Å². The van der Waals surface area contributed by atoms with E-state index in [4.69, 9.17) is 0 Å². The Morgan fingerprint density at radius 2 is 1.88 bits per heavy atom. The van der Waals surface area contributed by atoms with Crippen LogP contribution in [-0.4, -0.2) is 19.3 Å². The highest BCUT2D eigenvalue weighted by molar-refractivity contribution is 7.98. The van der Waals surface area contributed by atoms with Crippen LogP contribution in [0.15, 0.2) is 17.0 Å². The van der Waals surface area contributed by atoms with Crippen LogP contribution in [0, 0.1) is 11.6 Å². The highest BCUT2D eigenvalue weighted by Gasteiger charge is 2.20. The number of halogens is 2. The van der Waals surface area contributed by atoms with Crippen molar-refractivity contribution in [2.75, 3.05) is 19.3 Å². The van der Waals surface area contributed by atoms with Crippen molar-refractivity contribution in [3.63, 3.8) is 0 Å². The van der Waals surface area contributed by atoms with E-state index in [0.29, 0.717) is 10.5 Å². The Balaban J connectivity index is 2.29. The molecule has 1 N–H and O–H groups in total. The Kier molecular flexibility index (Phi) is 3.82. The minimum Gasteiger partial charge on any atom is -0.317 e. The van der Waals surface area contributed by atoms with Gasteiger partial charge in [0.15, 0.2) is 0 Å². The molecule has 1 aromatic carbocycles. The van der Waals surface area contributed by atoms with Crippen molar-refractivity contribution in [1.29, 1.82) is 0 Å². The van der Waals surface area contributed by atoms with Gasteiger partial charge in [-0.1, -0.05) is 0 Å². The maximum Gasteiger partial charge on any atom is 0.137 e. The van der Waals surface area contributed by atoms with Crippen molar-refractivity contribution < 1.29 is 8.78 Å². The Morgan fingerprint density at radius 3 is 2.50 bits per heavy atom. The van der Waals surface area contributed by atoms with Crippen molar-refractivity contribution >= 4 is 11.8 Å². The van der Waals surface area contributed by atoms with Crippen LogP contribution in [0.4, 0.5) is 8.78 Å². The second kappa shape index (κ2) is 5.15. The van der Waals surface area contributed by atoms with E-state index in [1.807, 2.05) is 0 Å². The highest BCUT2D eigenvalue weighted by Crippen LogP contribution is 2.31. The molecular weight excluding hydrogens is 228 g/mol. The molecule has 0 aromatic heterocycles. The zero-order chi connectivity index (χ0) is 11.5. The third-order valence-corrected chi connectivity index (χ3v) is 3.80. The first-order chi connectivity index (χ1) is 7.72. The summed E-state index contributed by atoms with van der Waals surface area (Å²) in [5.41, 5.74) is 0.539. The molecule has 2 rings (SSSR count). The number of thioether (sulfide) groups is 1. The molecule has 0 atom stereocenters. The second-order valence-corrected chi connectivity index (χ2v) is 4.88. The third kappa shape index (κ3) is 2.38. The maximum absolute atomic E-state index is 13.8. The molecule has 0 radical (unpaired) electrons. The van der Waals surface area contributed by atoms with E-state index in [2.05, 4.69) is 5.32 Å². The van der Waals surface area contributed by atoms with Gasteiger partial charge >= 0.3 is 0 Å². The summed E-state index contributed by atoms with van der Waals surface area (Å²) in [5.74, 6) is -0.410. The van der Waals surface area contributed by atoms with E-state index < -0.39 is 0 Å². The smallest absolute Gasteiger partial charge is 0.137 e. The molecule has 0 amide bonds. The van der Waals surface area contributed by atoms with Crippen molar-refractivity contribution in [2.45, 2.75) is 23.7 Å². The van der Waals surface area contributed by atoms with Crippen molar-refractivity contribution in [2.24, 2.45) is 0 Å². The fourth-order valence-corrected chi connectivity index (χ4v) is 2.62. The lowest BCUT2D eigenvalue weighted by Gasteiger charge is -2.23. The van der Waals surface area contributed by atoms with Gasteiger partial charge in [-0.15, -0.1) is 11.8 Å². The van der Waals surface area contributed by atoms with Crippen molar-refractivity contribution in [3.05, 3.63) is 29.3 Å². The quantitative estimate of drug-likeness (QED) is 0.801. The summed E-state index contributed by atoms with van der Waals surface area (Å²) in [7, 11) is 0. The minimum atomic E-state index is -0.303. The maximum atomic E-state index is 13.8. The monoisotopic (exact) mass is 243 g/mol. The van der Waals surface area contributed by atoms with E-state index in [0.717, 1.165) is 25.9 Å². The summed E-state index contributed by atoms with van der Waals surface area (Å²) in [4.78, 5) is 0.384. The number of rotatable bonds is 2. The van der Waals surface area contributed by atoms with Crippen LogP contribution in [0.5, 0.6) is 0 Å². The summed E-state index contributed by atoms with van der Waals surface area (Å²) >= 11 is 1.24. The van der Waals surface area contributed by atoms with Crippen molar-refractivity contribution in [3.8, 4) is 0 Å². The predicted octanol–water partition coefficient (Wildman–Crippen LogP) is 3.15. The Morgan fingerprint density at radius 1 is 1.19 bits per heavy atom. The average Bonchev–Trinajstić information content (AvgIpc) is 2.32. The largest absolute Gasteiger partial charge is 0.317 e. The van der Waals surface area contributed by atoms with Gasteiger partial charge in [0.05, 0.1) is 0 Å². The van der Waals surface area contributed by atoms with E-state index >= 15 is 0 Å². The predicted molar refractivity (Wildman–Crippen MR) is 63.0 cm³/mol. The third-order valence-electron chi connectivity index (χ3n) is 3.05. The minimum absolute atomic E-state index is 0.159. The molecule has 0 unspecified atom stereocenters. The first kappa shape index (κ1) is 11.9. The number of piperidine rings is 1. The van der Waals surface area contributed by atoms with Gasteiger partial charge in [-0.05, 0) is 55.8 Å². The lowest BCUT2D eigenvalue weighted by Crippen LogP contribution is -2.27. The highest BCUT2D eigenvalue weighted by atomic mass is 32.2.